The van der Waals surface area contributed by atoms with E-state index in [0.717, 1.165) is 42.7 Å². The Balaban J connectivity index is 2.00. The second-order valence-electron chi connectivity index (χ2n) is 6.41. The van der Waals surface area contributed by atoms with Gasteiger partial charge in [-0.1, -0.05) is 30.3 Å². The number of sulfone groups is 1. The van der Waals surface area contributed by atoms with Crippen molar-refractivity contribution in [2.24, 2.45) is 0 Å². The summed E-state index contributed by atoms with van der Waals surface area (Å²) >= 11 is 0. The van der Waals surface area contributed by atoms with Crippen LogP contribution in [-0.2, 0) is 15.4 Å². The summed E-state index contributed by atoms with van der Waals surface area (Å²) in [6, 6.07) is 10.9. The number of halogens is 3. The summed E-state index contributed by atoms with van der Waals surface area (Å²) in [5.74, 6) is 0.219. The number of aliphatic hydroxyl groups is 1. The molecule has 1 aliphatic carbocycles. The van der Waals surface area contributed by atoms with Crippen LogP contribution >= 0.6 is 0 Å². The lowest BCUT2D eigenvalue weighted by Gasteiger charge is -2.26. The lowest BCUT2D eigenvalue weighted by molar-refractivity contribution is -0.258. The van der Waals surface area contributed by atoms with Crippen molar-refractivity contribution in [3.8, 4) is 0 Å². The molecule has 0 amide bonds. The largest absolute Gasteiger partial charge is 0.421 e. The van der Waals surface area contributed by atoms with Crippen LogP contribution in [0.15, 0.2) is 58.3 Å². The summed E-state index contributed by atoms with van der Waals surface area (Å²) in [5, 5.41) is 9.68. The van der Waals surface area contributed by atoms with E-state index in [1.807, 2.05) is 0 Å². The van der Waals surface area contributed by atoms with E-state index < -0.39 is 27.2 Å². The molecule has 0 radical (unpaired) electrons. The van der Waals surface area contributed by atoms with Crippen LogP contribution in [0.4, 0.5) is 13.2 Å². The Hall–Kier alpha value is -1.86. The minimum atomic E-state index is -4.86. The van der Waals surface area contributed by atoms with Gasteiger partial charge in [0.25, 0.3) is 0 Å². The summed E-state index contributed by atoms with van der Waals surface area (Å²) < 4.78 is 64.4. The second kappa shape index (κ2) is 5.85. The van der Waals surface area contributed by atoms with Gasteiger partial charge in [0.1, 0.15) is 0 Å². The molecule has 25 heavy (non-hydrogen) atoms. The fourth-order valence-corrected chi connectivity index (χ4v) is 4.26. The van der Waals surface area contributed by atoms with Gasteiger partial charge >= 0.3 is 6.18 Å². The molecule has 0 heterocycles. The molecular formula is C18H17F3O3S. The molecular weight excluding hydrogens is 353 g/mol. The van der Waals surface area contributed by atoms with E-state index in [-0.39, 0.29) is 15.7 Å². The Morgan fingerprint density at radius 3 is 2.08 bits per heavy atom. The van der Waals surface area contributed by atoms with Crippen molar-refractivity contribution in [3.05, 3.63) is 59.7 Å². The maximum Gasteiger partial charge on any atom is 0.421 e. The molecule has 0 bridgehead atoms. The number of benzene rings is 2. The van der Waals surface area contributed by atoms with Crippen LogP contribution in [0.1, 0.15) is 36.8 Å². The first-order valence-corrected chi connectivity index (χ1v) is 9.27. The minimum absolute atomic E-state index is 0.0951. The number of rotatable bonds is 4. The molecule has 7 heteroatoms. The first-order chi connectivity index (χ1) is 11.5. The van der Waals surface area contributed by atoms with Crippen molar-refractivity contribution < 1.29 is 26.7 Å². The monoisotopic (exact) mass is 370 g/mol. The first-order valence-electron chi connectivity index (χ1n) is 7.79. The Morgan fingerprint density at radius 1 is 1.00 bits per heavy atom. The SMILES string of the molecule is C[C@](O)(c1ccc(S(=O)(=O)c2ccccc2C2CC2)cc1)C(F)(F)F. The molecule has 0 saturated heterocycles. The van der Waals surface area contributed by atoms with Gasteiger partial charge < -0.3 is 5.11 Å². The van der Waals surface area contributed by atoms with E-state index in [1.165, 1.54) is 6.07 Å². The fourth-order valence-electron chi connectivity index (χ4n) is 2.71. The normalized spacial score (nSPS) is 18.0. The summed E-state index contributed by atoms with van der Waals surface area (Å²) in [4.78, 5) is 0.0927. The number of hydrogen-bond acceptors (Lipinski definition) is 3. The van der Waals surface area contributed by atoms with Gasteiger partial charge in [-0.3, -0.25) is 0 Å². The van der Waals surface area contributed by atoms with Gasteiger partial charge in [0.2, 0.25) is 9.84 Å². The predicted octanol–water partition coefficient (Wildman–Crippen LogP) is 4.17. The highest BCUT2D eigenvalue weighted by Gasteiger charge is 2.51. The van der Waals surface area contributed by atoms with Gasteiger partial charge in [0.05, 0.1) is 9.79 Å². The molecule has 2 aromatic rings. The van der Waals surface area contributed by atoms with Crippen molar-refractivity contribution in [2.75, 3.05) is 0 Å². The van der Waals surface area contributed by atoms with E-state index in [1.54, 1.807) is 18.2 Å². The Morgan fingerprint density at radius 2 is 1.56 bits per heavy atom. The Kier molecular flexibility index (Phi) is 4.20. The third kappa shape index (κ3) is 3.18. The fraction of sp³-hybridized carbons (Fsp3) is 0.333. The van der Waals surface area contributed by atoms with Crippen LogP contribution in [0.5, 0.6) is 0 Å². The topological polar surface area (TPSA) is 54.4 Å². The van der Waals surface area contributed by atoms with Crippen LogP contribution in [-0.4, -0.2) is 19.7 Å². The van der Waals surface area contributed by atoms with E-state index in [4.69, 9.17) is 0 Å². The molecule has 3 rings (SSSR count). The minimum Gasteiger partial charge on any atom is -0.376 e. The maximum absolute atomic E-state index is 12.9. The second-order valence-corrected chi connectivity index (χ2v) is 8.33. The molecule has 1 saturated carbocycles. The van der Waals surface area contributed by atoms with Crippen molar-refractivity contribution in [1.29, 1.82) is 0 Å². The first kappa shape index (κ1) is 17.9. The lowest BCUT2D eigenvalue weighted by Crippen LogP contribution is -2.39. The van der Waals surface area contributed by atoms with Gasteiger partial charge in [0.15, 0.2) is 5.60 Å². The predicted molar refractivity (Wildman–Crippen MR) is 85.9 cm³/mol. The summed E-state index contributed by atoms with van der Waals surface area (Å²) in [6.45, 7) is 0.638. The van der Waals surface area contributed by atoms with Crippen LogP contribution in [0.2, 0.25) is 0 Å². The van der Waals surface area contributed by atoms with Gasteiger partial charge in [-0.15, -0.1) is 0 Å². The molecule has 3 nitrogen and oxygen atoms in total. The maximum atomic E-state index is 12.9. The molecule has 134 valence electrons. The molecule has 1 aliphatic rings. The van der Waals surface area contributed by atoms with Crippen LogP contribution < -0.4 is 0 Å². The van der Waals surface area contributed by atoms with Gasteiger partial charge in [-0.05, 0) is 55.0 Å². The lowest BCUT2D eigenvalue weighted by atomic mass is 9.96. The highest BCUT2D eigenvalue weighted by molar-refractivity contribution is 7.91. The molecule has 0 aromatic heterocycles. The van der Waals surface area contributed by atoms with E-state index in [0.29, 0.717) is 6.92 Å². The van der Waals surface area contributed by atoms with Gasteiger partial charge in [0, 0.05) is 0 Å². The summed E-state index contributed by atoms with van der Waals surface area (Å²) in [7, 11) is -3.84. The standard InChI is InChI=1S/C18H17F3O3S/c1-17(22,18(19,20)21)13-8-10-14(11-9-13)25(23,24)16-5-3-2-4-15(16)12-6-7-12/h2-5,8-12,22H,6-7H2,1H3/t17-/m0/s1. The molecule has 1 atom stereocenters. The number of alkyl halides is 3. The Labute approximate surface area is 144 Å². The van der Waals surface area contributed by atoms with Gasteiger partial charge in [-0.2, -0.15) is 13.2 Å². The molecule has 1 N–H and O–H groups in total. The molecule has 2 aromatic carbocycles. The average Bonchev–Trinajstić information content (AvgIpc) is 3.39. The van der Waals surface area contributed by atoms with Crippen LogP contribution in [0.25, 0.3) is 0 Å². The Bertz CT molecular complexity index is 881. The van der Waals surface area contributed by atoms with Crippen molar-refractivity contribution >= 4 is 9.84 Å². The summed E-state index contributed by atoms with van der Waals surface area (Å²) in [5.41, 5.74) is -2.70. The van der Waals surface area contributed by atoms with Crippen molar-refractivity contribution in [2.45, 2.75) is 47.3 Å². The zero-order valence-electron chi connectivity index (χ0n) is 13.4. The zero-order chi connectivity index (χ0) is 18.5. The van der Waals surface area contributed by atoms with Gasteiger partial charge in [-0.25, -0.2) is 8.42 Å². The quantitative estimate of drug-likeness (QED) is 0.879. The van der Waals surface area contributed by atoms with E-state index in [2.05, 4.69) is 0 Å². The molecule has 0 unspecified atom stereocenters. The van der Waals surface area contributed by atoms with E-state index in [9.17, 15) is 26.7 Å². The molecule has 1 fully saturated rings. The average molecular weight is 370 g/mol. The zero-order valence-corrected chi connectivity index (χ0v) is 14.2. The smallest absolute Gasteiger partial charge is 0.376 e. The molecule has 0 spiro atoms. The molecule has 0 aliphatic heterocycles. The third-order valence-corrected chi connectivity index (χ3v) is 6.35. The van der Waals surface area contributed by atoms with E-state index >= 15 is 0 Å². The third-order valence-electron chi connectivity index (χ3n) is 4.50. The highest BCUT2D eigenvalue weighted by atomic mass is 32.2. The van der Waals surface area contributed by atoms with Crippen molar-refractivity contribution in [1.82, 2.24) is 0 Å². The highest BCUT2D eigenvalue weighted by Crippen LogP contribution is 2.44. The van der Waals surface area contributed by atoms with Crippen molar-refractivity contribution in [3.63, 3.8) is 0 Å². The van der Waals surface area contributed by atoms with Crippen LogP contribution in [0, 0.1) is 0 Å². The van der Waals surface area contributed by atoms with Crippen LogP contribution in [0.3, 0.4) is 0 Å². The summed E-state index contributed by atoms with van der Waals surface area (Å²) in [6.07, 6.45) is -2.99. The number of hydrogen-bond donors (Lipinski definition) is 1.